The second kappa shape index (κ2) is 10.0. The van der Waals surface area contributed by atoms with Crippen LogP contribution in [0.5, 0.6) is 0 Å². The largest absolute Gasteiger partial charge is 0.348 e. The highest BCUT2D eigenvalue weighted by atomic mass is 16.2. The third-order valence-electron chi connectivity index (χ3n) is 4.98. The number of hydrogen-bond donors (Lipinski definition) is 1. The molecule has 1 amide bonds. The van der Waals surface area contributed by atoms with Gasteiger partial charge in [0.1, 0.15) is 0 Å². The van der Waals surface area contributed by atoms with E-state index in [1.54, 1.807) is 0 Å². The minimum absolute atomic E-state index is 0.0445. The van der Waals surface area contributed by atoms with Crippen LogP contribution in [-0.4, -0.2) is 55.0 Å². The molecule has 0 spiro atoms. The first-order valence-electron chi connectivity index (χ1n) is 9.71. The van der Waals surface area contributed by atoms with Crippen molar-refractivity contribution in [2.24, 2.45) is 0 Å². The van der Waals surface area contributed by atoms with Crippen LogP contribution in [0.4, 0.5) is 0 Å². The van der Waals surface area contributed by atoms with Crippen molar-refractivity contribution in [1.29, 1.82) is 0 Å². The number of carbonyl (C=O) groups is 1. The zero-order valence-corrected chi connectivity index (χ0v) is 16.1. The molecule has 1 N–H and O–H groups in total. The minimum atomic E-state index is 0.0445. The van der Waals surface area contributed by atoms with E-state index in [4.69, 9.17) is 0 Å². The summed E-state index contributed by atoms with van der Waals surface area (Å²) in [6.45, 7) is 7.34. The summed E-state index contributed by atoms with van der Waals surface area (Å²) in [4.78, 5) is 17.0. The average Bonchev–Trinajstić information content (AvgIpc) is 2.71. The number of nitrogens with zero attached hydrogens (tertiary/aromatic N) is 2. The van der Waals surface area contributed by atoms with Gasteiger partial charge in [0.2, 0.25) is 5.91 Å². The Morgan fingerprint density at radius 1 is 0.963 bits per heavy atom. The topological polar surface area (TPSA) is 35.6 Å². The fourth-order valence-electron chi connectivity index (χ4n) is 3.35. The highest BCUT2D eigenvalue weighted by molar-refractivity contribution is 5.78. The van der Waals surface area contributed by atoms with Gasteiger partial charge in [-0.3, -0.25) is 14.6 Å². The molecule has 1 aliphatic rings. The third kappa shape index (κ3) is 6.35. The van der Waals surface area contributed by atoms with Crippen molar-refractivity contribution in [3.05, 3.63) is 77.9 Å². The summed E-state index contributed by atoms with van der Waals surface area (Å²) in [6.07, 6.45) is 4.39. The van der Waals surface area contributed by atoms with Gasteiger partial charge in [-0.2, -0.15) is 0 Å². The molecule has 1 saturated heterocycles. The maximum Gasteiger partial charge on any atom is 0.234 e. The number of benzene rings is 2. The van der Waals surface area contributed by atoms with Crippen molar-refractivity contribution in [2.45, 2.75) is 13.0 Å². The summed E-state index contributed by atoms with van der Waals surface area (Å²) < 4.78 is 0. The van der Waals surface area contributed by atoms with Gasteiger partial charge in [-0.15, -0.1) is 0 Å². The molecule has 4 heteroatoms. The lowest BCUT2D eigenvalue weighted by molar-refractivity contribution is -0.123. The Morgan fingerprint density at radius 2 is 1.56 bits per heavy atom. The van der Waals surface area contributed by atoms with Gasteiger partial charge in [0, 0.05) is 32.7 Å². The molecule has 0 aromatic heterocycles. The fourth-order valence-corrected chi connectivity index (χ4v) is 3.35. The molecule has 0 bridgehead atoms. The lowest BCUT2D eigenvalue weighted by Gasteiger charge is -2.33. The van der Waals surface area contributed by atoms with Gasteiger partial charge in [-0.05, 0) is 18.1 Å². The van der Waals surface area contributed by atoms with Crippen LogP contribution in [0.1, 0.15) is 24.1 Å². The molecular formula is C23H29N3O. The Bertz CT molecular complexity index is 722. The quantitative estimate of drug-likeness (QED) is 0.821. The Morgan fingerprint density at radius 3 is 2.22 bits per heavy atom. The summed E-state index contributed by atoms with van der Waals surface area (Å²) in [6, 6.07) is 20.5. The van der Waals surface area contributed by atoms with Gasteiger partial charge in [0.05, 0.1) is 12.6 Å². The lowest BCUT2D eigenvalue weighted by Crippen LogP contribution is -2.49. The van der Waals surface area contributed by atoms with E-state index in [0.29, 0.717) is 6.54 Å². The lowest BCUT2D eigenvalue weighted by atomic mass is 10.1. The van der Waals surface area contributed by atoms with Crippen LogP contribution < -0.4 is 5.32 Å². The van der Waals surface area contributed by atoms with Crippen LogP contribution in [0.3, 0.4) is 0 Å². The molecule has 0 aliphatic carbocycles. The Kier molecular flexibility index (Phi) is 7.19. The summed E-state index contributed by atoms with van der Waals surface area (Å²) in [5.41, 5.74) is 2.38. The number of rotatable bonds is 7. The maximum atomic E-state index is 12.3. The van der Waals surface area contributed by atoms with Crippen molar-refractivity contribution in [3.8, 4) is 0 Å². The van der Waals surface area contributed by atoms with Crippen LogP contribution in [-0.2, 0) is 4.79 Å². The van der Waals surface area contributed by atoms with Gasteiger partial charge in [0.15, 0.2) is 0 Å². The zero-order valence-electron chi connectivity index (χ0n) is 16.1. The molecule has 1 fully saturated rings. The van der Waals surface area contributed by atoms with Gasteiger partial charge in [-0.1, -0.05) is 72.8 Å². The van der Waals surface area contributed by atoms with E-state index in [2.05, 4.69) is 51.5 Å². The standard InChI is InChI=1S/C23H29N3O/c1-20(22-12-6-3-7-13-22)24-23(27)19-26-17-15-25(16-18-26)14-8-11-21-9-4-2-5-10-21/h2-13,20H,14-19H2,1H3,(H,24,27)/b11-8+. The molecule has 0 radical (unpaired) electrons. The molecule has 3 rings (SSSR count). The van der Waals surface area contributed by atoms with Gasteiger partial charge < -0.3 is 5.32 Å². The predicted octanol–water partition coefficient (Wildman–Crippen LogP) is 3.19. The van der Waals surface area contributed by atoms with E-state index in [-0.39, 0.29) is 11.9 Å². The first-order chi connectivity index (χ1) is 13.2. The van der Waals surface area contributed by atoms with Crippen LogP contribution in [0.15, 0.2) is 66.7 Å². The van der Waals surface area contributed by atoms with E-state index in [0.717, 1.165) is 38.3 Å². The smallest absolute Gasteiger partial charge is 0.234 e. The first kappa shape index (κ1) is 19.3. The number of carbonyl (C=O) groups excluding carboxylic acids is 1. The van der Waals surface area contributed by atoms with Gasteiger partial charge in [0.25, 0.3) is 0 Å². The highest BCUT2D eigenvalue weighted by Gasteiger charge is 2.19. The molecule has 27 heavy (non-hydrogen) atoms. The zero-order chi connectivity index (χ0) is 18.9. The Labute approximate surface area is 162 Å². The van der Waals surface area contributed by atoms with Crippen molar-refractivity contribution in [2.75, 3.05) is 39.3 Å². The average molecular weight is 364 g/mol. The van der Waals surface area contributed by atoms with E-state index in [1.165, 1.54) is 5.56 Å². The summed E-state index contributed by atoms with van der Waals surface area (Å²) in [7, 11) is 0. The van der Waals surface area contributed by atoms with E-state index < -0.39 is 0 Å². The molecule has 4 nitrogen and oxygen atoms in total. The van der Waals surface area contributed by atoms with Crippen LogP contribution >= 0.6 is 0 Å². The van der Waals surface area contributed by atoms with Crippen molar-refractivity contribution in [1.82, 2.24) is 15.1 Å². The molecular weight excluding hydrogens is 334 g/mol. The van der Waals surface area contributed by atoms with Crippen LogP contribution in [0.25, 0.3) is 6.08 Å². The summed E-state index contributed by atoms with van der Waals surface area (Å²) in [5.74, 6) is 0.101. The van der Waals surface area contributed by atoms with Crippen molar-refractivity contribution < 1.29 is 4.79 Å². The first-order valence-corrected chi connectivity index (χ1v) is 9.71. The van der Waals surface area contributed by atoms with E-state index in [1.807, 2.05) is 43.3 Å². The minimum Gasteiger partial charge on any atom is -0.348 e. The SMILES string of the molecule is CC(NC(=O)CN1CCN(C/C=C/c2ccccc2)CC1)c1ccccc1. The molecule has 1 unspecified atom stereocenters. The monoisotopic (exact) mass is 363 g/mol. The molecule has 2 aromatic carbocycles. The van der Waals surface area contributed by atoms with E-state index >= 15 is 0 Å². The summed E-state index contributed by atoms with van der Waals surface area (Å²) in [5, 5.41) is 3.10. The number of amides is 1. The molecule has 1 aliphatic heterocycles. The second-order valence-corrected chi connectivity index (χ2v) is 7.09. The number of piperazine rings is 1. The Hall–Kier alpha value is -2.43. The molecule has 1 heterocycles. The Balaban J connectivity index is 1.36. The molecule has 0 saturated carbocycles. The van der Waals surface area contributed by atoms with E-state index in [9.17, 15) is 4.79 Å². The molecule has 1 atom stereocenters. The van der Waals surface area contributed by atoms with Crippen LogP contribution in [0, 0.1) is 0 Å². The number of hydrogen-bond acceptors (Lipinski definition) is 3. The molecule has 2 aromatic rings. The maximum absolute atomic E-state index is 12.3. The molecule has 142 valence electrons. The highest BCUT2D eigenvalue weighted by Crippen LogP contribution is 2.11. The normalized spacial score (nSPS) is 17.1. The van der Waals surface area contributed by atoms with Crippen molar-refractivity contribution >= 4 is 12.0 Å². The fraction of sp³-hybridized carbons (Fsp3) is 0.348. The van der Waals surface area contributed by atoms with Crippen LogP contribution in [0.2, 0.25) is 0 Å². The number of nitrogens with one attached hydrogen (secondary N) is 1. The third-order valence-corrected chi connectivity index (χ3v) is 4.98. The van der Waals surface area contributed by atoms with Crippen molar-refractivity contribution in [3.63, 3.8) is 0 Å². The van der Waals surface area contributed by atoms with Gasteiger partial charge in [-0.25, -0.2) is 0 Å². The second-order valence-electron chi connectivity index (χ2n) is 7.09. The predicted molar refractivity (Wildman–Crippen MR) is 111 cm³/mol. The van der Waals surface area contributed by atoms with Gasteiger partial charge >= 0.3 is 0 Å². The summed E-state index contributed by atoms with van der Waals surface area (Å²) >= 11 is 0.